The summed E-state index contributed by atoms with van der Waals surface area (Å²) >= 11 is 0. The number of aliphatic hydroxyl groups is 1. The van der Waals surface area contributed by atoms with Gasteiger partial charge in [0.1, 0.15) is 17.3 Å². The smallest absolute Gasteiger partial charge is 0.295 e. The van der Waals surface area contributed by atoms with Crippen LogP contribution in [-0.2, 0) is 14.3 Å². The van der Waals surface area contributed by atoms with Crippen molar-refractivity contribution in [2.45, 2.75) is 12.5 Å². The van der Waals surface area contributed by atoms with Crippen LogP contribution in [0.15, 0.2) is 54.1 Å². The van der Waals surface area contributed by atoms with E-state index < -0.39 is 23.5 Å². The van der Waals surface area contributed by atoms with Gasteiger partial charge < -0.3 is 19.5 Å². The molecule has 0 aliphatic carbocycles. The van der Waals surface area contributed by atoms with Gasteiger partial charge in [-0.25, -0.2) is 4.39 Å². The number of hydrogen-bond acceptors (Lipinski definition) is 6. The zero-order chi connectivity index (χ0) is 23.4. The maximum absolute atomic E-state index is 13.4. The lowest BCUT2D eigenvalue weighted by atomic mass is 9.95. The van der Waals surface area contributed by atoms with Gasteiger partial charge in [0.25, 0.3) is 11.7 Å². The van der Waals surface area contributed by atoms with Gasteiger partial charge in [-0.2, -0.15) is 0 Å². The number of hydrogen-bond donors (Lipinski definition) is 1. The third-order valence-corrected chi connectivity index (χ3v) is 6.04. The van der Waals surface area contributed by atoms with Gasteiger partial charge in [0.05, 0.1) is 31.9 Å². The van der Waals surface area contributed by atoms with E-state index in [1.54, 1.807) is 24.3 Å². The van der Waals surface area contributed by atoms with Gasteiger partial charge in [-0.15, -0.1) is 0 Å². The Morgan fingerprint density at radius 3 is 2.55 bits per heavy atom. The van der Waals surface area contributed by atoms with Crippen molar-refractivity contribution in [2.75, 3.05) is 46.5 Å². The Bertz CT molecular complexity index is 1050. The van der Waals surface area contributed by atoms with Crippen molar-refractivity contribution in [1.82, 2.24) is 9.80 Å². The third-order valence-electron chi connectivity index (χ3n) is 6.04. The van der Waals surface area contributed by atoms with Crippen molar-refractivity contribution >= 4 is 17.4 Å². The summed E-state index contributed by atoms with van der Waals surface area (Å²) in [6.45, 7) is 4.17. The number of carbonyl (C=O) groups is 2. The number of Topliss-reactive ketones (excluding diaryl/α,β-unsaturated/α-hetero) is 1. The highest BCUT2D eigenvalue weighted by Gasteiger charge is 2.45. The minimum atomic E-state index is -0.769. The first-order valence-electron chi connectivity index (χ1n) is 11.0. The Balaban J connectivity index is 1.68. The predicted molar refractivity (Wildman–Crippen MR) is 120 cm³/mol. The summed E-state index contributed by atoms with van der Waals surface area (Å²) < 4.78 is 24.1. The molecule has 0 aromatic heterocycles. The molecule has 2 fully saturated rings. The van der Waals surface area contributed by atoms with Crippen LogP contribution in [0.25, 0.3) is 5.76 Å². The average Bonchev–Trinajstić information content (AvgIpc) is 3.10. The molecule has 2 heterocycles. The van der Waals surface area contributed by atoms with E-state index in [9.17, 15) is 19.1 Å². The molecule has 0 spiro atoms. The molecule has 2 saturated heterocycles. The highest BCUT2D eigenvalue weighted by molar-refractivity contribution is 6.46. The Hall–Kier alpha value is -3.23. The monoisotopic (exact) mass is 454 g/mol. The first-order chi connectivity index (χ1) is 16.0. The van der Waals surface area contributed by atoms with Gasteiger partial charge in [0, 0.05) is 31.7 Å². The second-order valence-electron chi connectivity index (χ2n) is 8.08. The van der Waals surface area contributed by atoms with Crippen LogP contribution >= 0.6 is 0 Å². The van der Waals surface area contributed by atoms with Crippen molar-refractivity contribution in [3.8, 4) is 5.75 Å². The van der Waals surface area contributed by atoms with Crippen molar-refractivity contribution in [3.63, 3.8) is 0 Å². The van der Waals surface area contributed by atoms with E-state index in [1.807, 2.05) is 0 Å². The molecule has 7 nitrogen and oxygen atoms in total. The Kier molecular flexibility index (Phi) is 7.05. The number of likely N-dealkylation sites (tertiary alicyclic amines) is 1. The van der Waals surface area contributed by atoms with Crippen LogP contribution in [0.3, 0.4) is 0 Å². The molecule has 2 aromatic carbocycles. The molecule has 0 radical (unpaired) electrons. The number of ketones is 1. The summed E-state index contributed by atoms with van der Waals surface area (Å²) in [6.07, 6.45) is 0.671. The summed E-state index contributed by atoms with van der Waals surface area (Å²) in [4.78, 5) is 29.9. The minimum Gasteiger partial charge on any atom is -0.507 e. The fourth-order valence-corrected chi connectivity index (χ4v) is 4.32. The number of benzene rings is 2. The van der Waals surface area contributed by atoms with Gasteiger partial charge in [0.15, 0.2) is 0 Å². The number of nitrogens with zero attached hydrogens (tertiary/aromatic N) is 2. The van der Waals surface area contributed by atoms with Crippen LogP contribution in [0, 0.1) is 5.82 Å². The van der Waals surface area contributed by atoms with Crippen LogP contribution in [0.2, 0.25) is 0 Å². The Labute approximate surface area is 192 Å². The van der Waals surface area contributed by atoms with E-state index in [2.05, 4.69) is 4.90 Å². The maximum Gasteiger partial charge on any atom is 0.295 e. The second-order valence-corrected chi connectivity index (χ2v) is 8.08. The van der Waals surface area contributed by atoms with Crippen LogP contribution in [0.5, 0.6) is 5.75 Å². The lowest BCUT2D eigenvalue weighted by molar-refractivity contribution is -0.140. The number of aliphatic hydroxyl groups excluding tert-OH is 1. The first-order valence-corrected chi connectivity index (χ1v) is 11.0. The van der Waals surface area contributed by atoms with E-state index in [0.29, 0.717) is 37.5 Å². The van der Waals surface area contributed by atoms with Gasteiger partial charge >= 0.3 is 0 Å². The van der Waals surface area contributed by atoms with Gasteiger partial charge in [-0.3, -0.25) is 14.5 Å². The van der Waals surface area contributed by atoms with Gasteiger partial charge in [-0.1, -0.05) is 12.1 Å². The maximum atomic E-state index is 13.4. The second kappa shape index (κ2) is 10.1. The molecule has 1 atom stereocenters. The van der Waals surface area contributed by atoms with Crippen LogP contribution in [-0.4, -0.2) is 73.1 Å². The standard InChI is InChI=1S/C25H27FN2O5/c1-32-20-5-2-4-18(16-20)22-21(23(29)17-6-8-19(26)9-7-17)24(30)25(31)28(22)11-3-10-27-12-14-33-15-13-27/h2,4-9,16,22,29H,3,10-15H2,1H3/b23-21-. The number of morpholine rings is 1. The van der Waals surface area contributed by atoms with E-state index in [0.717, 1.165) is 19.6 Å². The zero-order valence-corrected chi connectivity index (χ0v) is 18.5. The fourth-order valence-electron chi connectivity index (χ4n) is 4.32. The van der Waals surface area contributed by atoms with E-state index in [-0.39, 0.29) is 16.9 Å². The number of carbonyl (C=O) groups excluding carboxylic acids is 2. The molecule has 1 amide bonds. The van der Waals surface area contributed by atoms with Crippen molar-refractivity contribution < 1.29 is 28.6 Å². The SMILES string of the molecule is COc1cccc(C2/C(=C(/O)c3ccc(F)cc3)C(=O)C(=O)N2CCCN2CCOCC2)c1. The zero-order valence-electron chi connectivity index (χ0n) is 18.5. The quantitative estimate of drug-likeness (QED) is 0.394. The molecule has 1 N–H and O–H groups in total. The average molecular weight is 454 g/mol. The summed E-state index contributed by atoms with van der Waals surface area (Å²) in [5.41, 5.74) is 0.922. The summed E-state index contributed by atoms with van der Waals surface area (Å²) in [5, 5.41) is 11.0. The van der Waals surface area contributed by atoms with E-state index in [1.165, 1.54) is 36.3 Å². The molecule has 2 aliphatic rings. The lowest BCUT2D eigenvalue weighted by Gasteiger charge is -2.29. The normalized spacial score (nSPS) is 20.9. The molecule has 33 heavy (non-hydrogen) atoms. The third kappa shape index (κ3) is 4.91. The van der Waals surface area contributed by atoms with Crippen molar-refractivity contribution in [2.24, 2.45) is 0 Å². The molecule has 8 heteroatoms. The van der Waals surface area contributed by atoms with Gasteiger partial charge in [0.2, 0.25) is 0 Å². The summed E-state index contributed by atoms with van der Waals surface area (Å²) in [5.74, 6) is -1.62. The molecule has 2 aliphatic heterocycles. The predicted octanol–water partition coefficient (Wildman–Crippen LogP) is 2.98. The number of methoxy groups -OCH3 is 1. The Morgan fingerprint density at radius 1 is 1.12 bits per heavy atom. The Morgan fingerprint density at radius 2 is 1.85 bits per heavy atom. The molecule has 2 aromatic rings. The molecule has 0 bridgehead atoms. The molecule has 4 rings (SSSR count). The topological polar surface area (TPSA) is 79.3 Å². The molecule has 1 unspecified atom stereocenters. The highest BCUT2D eigenvalue weighted by Crippen LogP contribution is 2.40. The lowest BCUT2D eigenvalue weighted by Crippen LogP contribution is -2.38. The van der Waals surface area contributed by atoms with Crippen LogP contribution in [0.4, 0.5) is 4.39 Å². The summed E-state index contributed by atoms with van der Waals surface area (Å²) in [7, 11) is 1.54. The fraction of sp³-hybridized carbons (Fsp3) is 0.360. The van der Waals surface area contributed by atoms with Crippen molar-refractivity contribution in [1.29, 1.82) is 0 Å². The highest BCUT2D eigenvalue weighted by atomic mass is 19.1. The molecular weight excluding hydrogens is 427 g/mol. The number of ether oxygens (including phenoxy) is 2. The van der Waals surface area contributed by atoms with E-state index in [4.69, 9.17) is 9.47 Å². The van der Waals surface area contributed by atoms with Crippen molar-refractivity contribution in [3.05, 3.63) is 71.0 Å². The first kappa shape index (κ1) is 22.9. The number of amides is 1. The summed E-state index contributed by atoms with van der Waals surface area (Å²) in [6, 6.07) is 11.5. The largest absolute Gasteiger partial charge is 0.507 e. The van der Waals surface area contributed by atoms with Crippen LogP contribution < -0.4 is 4.74 Å². The molecule has 174 valence electrons. The molecule has 0 saturated carbocycles. The minimum absolute atomic E-state index is 0.00812. The van der Waals surface area contributed by atoms with Crippen LogP contribution in [0.1, 0.15) is 23.6 Å². The number of halogens is 1. The van der Waals surface area contributed by atoms with E-state index >= 15 is 0 Å². The van der Waals surface area contributed by atoms with Gasteiger partial charge in [-0.05, 0) is 48.4 Å². The number of rotatable bonds is 7. The molecular formula is C25H27FN2O5.